The van der Waals surface area contributed by atoms with Gasteiger partial charge >= 0.3 is 0 Å². The van der Waals surface area contributed by atoms with Gasteiger partial charge in [0.25, 0.3) is 0 Å². The van der Waals surface area contributed by atoms with Gasteiger partial charge in [-0.15, -0.1) is 0 Å². The maximum absolute atomic E-state index is 9.68. The van der Waals surface area contributed by atoms with E-state index < -0.39 is 0 Å². The predicted molar refractivity (Wildman–Crippen MR) is 26.6 cm³/mol. The van der Waals surface area contributed by atoms with E-state index in [2.05, 4.69) is 0 Å². The highest BCUT2D eigenvalue weighted by Crippen LogP contribution is 2.03. The first kappa shape index (κ1) is 5.72. The summed E-state index contributed by atoms with van der Waals surface area (Å²) in [6.45, 7) is 1.50. The van der Waals surface area contributed by atoms with Crippen molar-refractivity contribution in [3.63, 3.8) is 0 Å². The fraction of sp³-hybridized carbons (Fsp3) is 0.800. The van der Waals surface area contributed by atoms with Gasteiger partial charge in [-0.1, -0.05) is 0 Å². The average Bonchev–Trinajstić information content (AvgIpc) is 1.63. The number of hydrogen-bond donors (Lipinski definition) is 0. The lowest BCUT2D eigenvalue weighted by atomic mass is 10.3. The van der Waals surface area contributed by atoms with Crippen molar-refractivity contribution in [3.8, 4) is 0 Å². The van der Waals surface area contributed by atoms with Gasteiger partial charge in [0, 0.05) is 0 Å². The Kier molecular flexibility index (Phi) is 2.00. The summed E-state index contributed by atoms with van der Waals surface area (Å²) in [5.74, 6) is 0. The van der Waals surface area contributed by atoms with Gasteiger partial charge in [0.2, 0.25) is 0 Å². The highest BCUT2D eigenvalue weighted by atomic mass is 16.6. The van der Waals surface area contributed by atoms with Gasteiger partial charge in [0.15, 0.2) is 0 Å². The lowest BCUT2D eigenvalue weighted by Crippen LogP contribution is -2.36. The molecule has 0 aromatic carbocycles. The van der Waals surface area contributed by atoms with E-state index in [0.29, 0.717) is 13.2 Å². The maximum atomic E-state index is 9.68. The summed E-state index contributed by atoms with van der Waals surface area (Å²) in [7, 11) is 0. The zero-order chi connectivity index (χ0) is 5.82. The summed E-state index contributed by atoms with van der Waals surface area (Å²) >= 11 is 0. The van der Waals surface area contributed by atoms with Gasteiger partial charge in [-0.05, 0) is 0 Å². The molecule has 1 aliphatic rings. The normalized spacial score (nSPS) is 20.0. The van der Waals surface area contributed by atoms with Crippen molar-refractivity contribution in [1.29, 1.82) is 0 Å². The van der Waals surface area contributed by atoms with E-state index in [1.165, 1.54) is 0 Å². The third-order valence-corrected chi connectivity index (χ3v) is 1.01. The molecule has 1 fully saturated rings. The Hall–Kier alpha value is -0.410. The molecule has 1 heterocycles. The van der Waals surface area contributed by atoms with Crippen LogP contribution in [0.15, 0.2) is 0 Å². The van der Waals surface area contributed by atoms with Crippen LogP contribution in [0.25, 0.3) is 0 Å². The quantitative estimate of drug-likeness (QED) is 0.471. The molecular weight excluding hydrogens is 108 g/mol. The molecule has 46 valence electrons. The van der Waals surface area contributed by atoms with Crippen molar-refractivity contribution < 1.29 is 14.3 Å². The summed E-state index contributed by atoms with van der Waals surface area (Å²) in [4.78, 5) is 9.68. The molecule has 0 radical (unpaired) electrons. The molecule has 0 bridgehead atoms. The van der Waals surface area contributed by atoms with Crippen LogP contribution in [0.1, 0.15) is 0 Å². The first-order valence-corrected chi connectivity index (χ1v) is 2.56. The van der Waals surface area contributed by atoms with E-state index in [4.69, 9.17) is 9.47 Å². The van der Waals surface area contributed by atoms with Crippen molar-refractivity contribution in [2.75, 3.05) is 19.8 Å². The minimum atomic E-state index is 0.181. The SMILES string of the molecule is O=CCOC1COC1. The minimum Gasteiger partial charge on any atom is -0.376 e. The van der Waals surface area contributed by atoms with E-state index in [-0.39, 0.29) is 12.7 Å². The van der Waals surface area contributed by atoms with Crippen LogP contribution in [0.5, 0.6) is 0 Å². The Labute approximate surface area is 47.6 Å². The molecule has 0 aromatic heterocycles. The lowest BCUT2D eigenvalue weighted by Gasteiger charge is -2.24. The van der Waals surface area contributed by atoms with E-state index in [1.54, 1.807) is 0 Å². The van der Waals surface area contributed by atoms with Gasteiger partial charge in [-0.2, -0.15) is 0 Å². The molecule has 0 unspecified atom stereocenters. The van der Waals surface area contributed by atoms with Crippen LogP contribution in [-0.2, 0) is 14.3 Å². The molecule has 0 aromatic rings. The predicted octanol–water partition coefficient (Wildman–Crippen LogP) is -0.399. The molecule has 0 aliphatic carbocycles. The third kappa shape index (κ3) is 1.28. The fourth-order valence-corrected chi connectivity index (χ4v) is 0.486. The Morgan fingerprint density at radius 2 is 2.50 bits per heavy atom. The smallest absolute Gasteiger partial charge is 0.145 e. The molecule has 8 heavy (non-hydrogen) atoms. The highest BCUT2D eigenvalue weighted by molar-refractivity contribution is 5.50. The fourth-order valence-electron chi connectivity index (χ4n) is 0.486. The average molecular weight is 116 g/mol. The largest absolute Gasteiger partial charge is 0.376 e. The summed E-state index contributed by atoms with van der Waals surface area (Å²) < 4.78 is 9.73. The molecule has 1 saturated heterocycles. The molecular formula is C5H8O3. The number of rotatable bonds is 3. The van der Waals surface area contributed by atoms with E-state index in [0.717, 1.165) is 6.29 Å². The summed E-state index contributed by atoms with van der Waals surface area (Å²) in [6, 6.07) is 0. The van der Waals surface area contributed by atoms with Crippen LogP contribution in [0, 0.1) is 0 Å². The van der Waals surface area contributed by atoms with Gasteiger partial charge in [0.05, 0.1) is 13.2 Å². The van der Waals surface area contributed by atoms with Crippen LogP contribution in [-0.4, -0.2) is 32.2 Å². The standard InChI is InChI=1S/C5H8O3/c6-1-2-8-5-3-7-4-5/h1,5H,2-4H2. The molecule has 0 spiro atoms. The molecule has 0 atom stereocenters. The molecule has 1 rings (SSSR count). The maximum Gasteiger partial charge on any atom is 0.145 e. The summed E-state index contributed by atoms with van der Waals surface area (Å²) in [5.41, 5.74) is 0. The van der Waals surface area contributed by atoms with Gasteiger partial charge in [-0.3, -0.25) is 0 Å². The van der Waals surface area contributed by atoms with E-state index in [9.17, 15) is 4.79 Å². The molecule has 3 heteroatoms. The Bertz CT molecular complexity index is 77.7. The van der Waals surface area contributed by atoms with Crippen molar-refractivity contribution >= 4 is 6.29 Å². The van der Waals surface area contributed by atoms with Gasteiger partial charge in [-0.25, -0.2) is 0 Å². The lowest BCUT2D eigenvalue weighted by molar-refractivity contribution is -0.139. The first-order chi connectivity index (χ1) is 3.93. The zero-order valence-electron chi connectivity index (χ0n) is 4.50. The van der Waals surface area contributed by atoms with Gasteiger partial charge < -0.3 is 14.3 Å². The highest BCUT2D eigenvalue weighted by Gasteiger charge is 2.17. The third-order valence-electron chi connectivity index (χ3n) is 1.01. The summed E-state index contributed by atoms with van der Waals surface area (Å²) in [5, 5.41) is 0. The van der Waals surface area contributed by atoms with Crippen molar-refractivity contribution in [2.24, 2.45) is 0 Å². The van der Waals surface area contributed by atoms with Crippen molar-refractivity contribution in [1.82, 2.24) is 0 Å². The molecule has 0 saturated carbocycles. The Balaban J connectivity index is 1.93. The number of hydrogen-bond acceptors (Lipinski definition) is 3. The number of ether oxygens (including phenoxy) is 2. The van der Waals surface area contributed by atoms with E-state index >= 15 is 0 Å². The monoisotopic (exact) mass is 116 g/mol. The van der Waals surface area contributed by atoms with E-state index in [1.807, 2.05) is 0 Å². The number of carbonyl (C=O) groups is 1. The molecule has 0 N–H and O–H groups in total. The van der Waals surface area contributed by atoms with Crippen LogP contribution >= 0.6 is 0 Å². The van der Waals surface area contributed by atoms with Crippen LogP contribution in [0.4, 0.5) is 0 Å². The van der Waals surface area contributed by atoms with Crippen molar-refractivity contribution in [2.45, 2.75) is 6.10 Å². The van der Waals surface area contributed by atoms with Gasteiger partial charge in [0.1, 0.15) is 19.0 Å². The molecule has 1 aliphatic heterocycles. The topological polar surface area (TPSA) is 35.5 Å². The number of carbonyl (C=O) groups excluding carboxylic acids is 1. The van der Waals surface area contributed by atoms with Crippen LogP contribution in [0.2, 0.25) is 0 Å². The Morgan fingerprint density at radius 3 is 2.88 bits per heavy atom. The Morgan fingerprint density at radius 1 is 1.75 bits per heavy atom. The summed E-state index contributed by atoms with van der Waals surface area (Å²) in [6.07, 6.45) is 0.929. The second kappa shape index (κ2) is 2.79. The molecule has 3 nitrogen and oxygen atoms in total. The van der Waals surface area contributed by atoms with Crippen molar-refractivity contribution in [3.05, 3.63) is 0 Å². The number of aldehydes is 1. The van der Waals surface area contributed by atoms with Crippen LogP contribution in [0.3, 0.4) is 0 Å². The van der Waals surface area contributed by atoms with Crippen LogP contribution < -0.4 is 0 Å². The second-order valence-corrected chi connectivity index (χ2v) is 1.66. The first-order valence-electron chi connectivity index (χ1n) is 2.56. The zero-order valence-corrected chi connectivity index (χ0v) is 4.50. The minimum absolute atomic E-state index is 0.181. The second-order valence-electron chi connectivity index (χ2n) is 1.66. The molecule has 0 amide bonds.